The minimum absolute atomic E-state index is 0.250. The molecule has 1 aromatic rings. The highest BCUT2D eigenvalue weighted by Gasteiger charge is 2.51. The quantitative estimate of drug-likeness (QED) is 0.846. The number of rotatable bonds is 5. The molecule has 3 atom stereocenters. The highest BCUT2D eigenvalue weighted by molar-refractivity contribution is 5.59. The van der Waals surface area contributed by atoms with Crippen LogP contribution >= 0.6 is 0 Å². The van der Waals surface area contributed by atoms with Crippen molar-refractivity contribution in [3.05, 3.63) is 28.8 Å². The molecule has 1 aromatic carbocycles. The van der Waals surface area contributed by atoms with Crippen LogP contribution in [0.25, 0.3) is 0 Å². The smallest absolute Gasteiger partial charge is 0.0667 e. The molecule has 0 bridgehead atoms. The lowest BCUT2D eigenvalue weighted by molar-refractivity contribution is -0.109. The van der Waals surface area contributed by atoms with Gasteiger partial charge in [0.2, 0.25) is 0 Å². The van der Waals surface area contributed by atoms with Crippen LogP contribution in [0, 0.1) is 26.2 Å². The molecule has 1 aliphatic rings. The molecule has 0 amide bonds. The first kappa shape index (κ1) is 15.4. The van der Waals surface area contributed by atoms with Crippen molar-refractivity contribution in [3.63, 3.8) is 0 Å². The summed E-state index contributed by atoms with van der Waals surface area (Å²) in [4.78, 5) is 0. The Morgan fingerprint density at radius 3 is 2.30 bits per heavy atom. The lowest BCUT2D eigenvalue weighted by Gasteiger charge is -2.54. The third kappa shape index (κ3) is 2.58. The van der Waals surface area contributed by atoms with Gasteiger partial charge in [-0.2, -0.15) is 0 Å². The Labute approximate surface area is 123 Å². The van der Waals surface area contributed by atoms with Crippen molar-refractivity contribution in [2.45, 2.75) is 66.5 Å². The van der Waals surface area contributed by atoms with Gasteiger partial charge in [0, 0.05) is 23.8 Å². The van der Waals surface area contributed by atoms with Gasteiger partial charge in [-0.1, -0.05) is 31.5 Å². The molecule has 0 saturated heterocycles. The molecular weight excluding hydrogens is 246 g/mol. The van der Waals surface area contributed by atoms with E-state index in [1.165, 1.54) is 22.4 Å². The van der Waals surface area contributed by atoms with E-state index in [4.69, 9.17) is 4.74 Å². The maximum atomic E-state index is 5.89. The van der Waals surface area contributed by atoms with Gasteiger partial charge < -0.3 is 10.1 Å². The van der Waals surface area contributed by atoms with Gasteiger partial charge in [-0.15, -0.1) is 0 Å². The summed E-state index contributed by atoms with van der Waals surface area (Å²) in [6.07, 6.45) is 2.67. The maximum absolute atomic E-state index is 5.89. The standard InChI is InChI=1S/C18H29NO/c1-7-18(6)15(11-16(18)20-8-2)19-17-13(4)9-12(3)10-14(17)5/h9-10,15-16,19H,7-8,11H2,1-6H3. The molecule has 1 saturated carbocycles. The first-order valence-corrected chi connectivity index (χ1v) is 7.88. The summed E-state index contributed by atoms with van der Waals surface area (Å²) in [5.74, 6) is 0. The molecule has 1 aliphatic carbocycles. The molecule has 0 aromatic heterocycles. The average molecular weight is 275 g/mol. The average Bonchev–Trinajstić information content (AvgIpc) is 2.39. The first-order valence-electron chi connectivity index (χ1n) is 7.88. The van der Waals surface area contributed by atoms with Crippen molar-refractivity contribution < 1.29 is 4.74 Å². The van der Waals surface area contributed by atoms with Crippen LogP contribution in [0.4, 0.5) is 5.69 Å². The van der Waals surface area contributed by atoms with Crippen molar-refractivity contribution >= 4 is 5.69 Å². The van der Waals surface area contributed by atoms with Crippen molar-refractivity contribution in [1.29, 1.82) is 0 Å². The Morgan fingerprint density at radius 1 is 1.20 bits per heavy atom. The van der Waals surface area contributed by atoms with E-state index in [9.17, 15) is 0 Å². The van der Waals surface area contributed by atoms with Crippen LogP contribution in [0.1, 0.15) is 50.3 Å². The summed E-state index contributed by atoms with van der Waals surface area (Å²) >= 11 is 0. The second-order valence-corrected chi connectivity index (χ2v) is 6.51. The molecule has 0 heterocycles. The Bertz CT molecular complexity index is 459. The minimum Gasteiger partial charge on any atom is -0.381 e. The van der Waals surface area contributed by atoms with Gasteiger partial charge >= 0.3 is 0 Å². The Morgan fingerprint density at radius 2 is 1.80 bits per heavy atom. The summed E-state index contributed by atoms with van der Waals surface area (Å²) in [6.45, 7) is 14.1. The van der Waals surface area contributed by atoms with Crippen LogP contribution in [0.2, 0.25) is 0 Å². The zero-order chi connectivity index (χ0) is 14.9. The van der Waals surface area contributed by atoms with Gasteiger partial charge in [-0.05, 0) is 51.7 Å². The monoisotopic (exact) mass is 275 g/mol. The fourth-order valence-corrected chi connectivity index (χ4v) is 3.56. The van der Waals surface area contributed by atoms with Crippen molar-refractivity contribution in [1.82, 2.24) is 0 Å². The van der Waals surface area contributed by atoms with E-state index < -0.39 is 0 Å². The van der Waals surface area contributed by atoms with Gasteiger partial charge in [0.15, 0.2) is 0 Å². The van der Waals surface area contributed by atoms with E-state index >= 15 is 0 Å². The molecule has 20 heavy (non-hydrogen) atoms. The summed E-state index contributed by atoms with van der Waals surface area (Å²) in [6, 6.07) is 5.04. The summed E-state index contributed by atoms with van der Waals surface area (Å²) in [5.41, 5.74) is 5.60. The summed E-state index contributed by atoms with van der Waals surface area (Å²) in [5, 5.41) is 3.79. The molecule has 3 unspecified atom stereocenters. The van der Waals surface area contributed by atoms with Gasteiger partial charge in [-0.25, -0.2) is 0 Å². The number of anilines is 1. The predicted octanol–water partition coefficient (Wildman–Crippen LogP) is 4.62. The predicted molar refractivity (Wildman–Crippen MR) is 86.5 cm³/mol. The normalized spacial score (nSPS) is 29.1. The molecule has 1 fully saturated rings. The van der Waals surface area contributed by atoms with Crippen LogP contribution < -0.4 is 5.32 Å². The van der Waals surface area contributed by atoms with E-state index in [1.54, 1.807) is 0 Å². The van der Waals surface area contributed by atoms with E-state index in [-0.39, 0.29) is 5.41 Å². The number of benzene rings is 1. The molecule has 2 heteroatoms. The van der Waals surface area contributed by atoms with Crippen LogP contribution in [-0.2, 0) is 4.74 Å². The second-order valence-electron chi connectivity index (χ2n) is 6.51. The Hall–Kier alpha value is -1.02. The van der Waals surface area contributed by atoms with E-state index in [2.05, 4.69) is 59.0 Å². The largest absolute Gasteiger partial charge is 0.381 e. The number of hydrogen-bond acceptors (Lipinski definition) is 2. The van der Waals surface area contributed by atoms with E-state index in [0.29, 0.717) is 12.1 Å². The van der Waals surface area contributed by atoms with Crippen LogP contribution in [0.15, 0.2) is 12.1 Å². The summed E-state index contributed by atoms with van der Waals surface area (Å²) < 4.78 is 5.89. The third-order valence-electron chi connectivity index (χ3n) is 5.11. The molecular formula is C18H29NO. The molecule has 0 radical (unpaired) electrons. The summed E-state index contributed by atoms with van der Waals surface area (Å²) in [7, 11) is 0. The fraction of sp³-hybridized carbons (Fsp3) is 0.667. The SMILES string of the molecule is CCOC1CC(Nc2c(C)cc(C)cc2C)C1(C)CC. The highest BCUT2D eigenvalue weighted by Crippen LogP contribution is 2.47. The molecule has 0 aliphatic heterocycles. The zero-order valence-electron chi connectivity index (χ0n) is 13.8. The highest BCUT2D eigenvalue weighted by atomic mass is 16.5. The van der Waals surface area contributed by atoms with Gasteiger partial charge in [0.05, 0.1) is 6.10 Å². The van der Waals surface area contributed by atoms with Crippen LogP contribution in [-0.4, -0.2) is 18.8 Å². The minimum atomic E-state index is 0.250. The number of hydrogen-bond donors (Lipinski definition) is 1. The van der Waals surface area contributed by atoms with Gasteiger partial charge in [0.1, 0.15) is 0 Å². The molecule has 2 nitrogen and oxygen atoms in total. The zero-order valence-corrected chi connectivity index (χ0v) is 13.8. The maximum Gasteiger partial charge on any atom is 0.0667 e. The topological polar surface area (TPSA) is 21.3 Å². The van der Waals surface area contributed by atoms with Gasteiger partial charge in [-0.3, -0.25) is 0 Å². The fourth-order valence-electron chi connectivity index (χ4n) is 3.56. The van der Waals surface area contributed by atoms with E-state index in [1.807, 2.05) is 0 Å². The van der Waals surface area contributed by atoms with Crippen molar-refractivity contribution in [2.24, 2.45) is 5.41 Å². The van der Waals surface area contributed by atoms with E-state index in [0.717, 1.165) is 19.4 Å². The molecule has 0 spiro atoms. The van der Waals surface area contributed by atoms with Gasteiger partial charge in [0.25, 0.3) is 0 Å². The molecule has 1 N–H and O–H groups in total. The Kier molecular flexibility index (Phi) is 4.43. The Balaban J connectivity index is 2.16. The third-order valence-corrected chi connectivity index (χ3v) is 5.11. The van der Waals surface area contributed by atoms with Crippen molar-refractivity contribution in [3.8, 4) is 0 Å². The number of nitrogens with one attached hydrogen (secondary N) is 1. The number of ether oxygens (including phenoxy) is 1. The molecule has 112 valence electrons. The second kappa shape index (κ2) is 5.77. The van der Waals surface area contributed by atoms with Crippen LogP contribution in [0.3, 0.4) is 0 Å². The lowest BCUT2D eigenvalue weighted by Crippen LogP contribution is -2.59. The first-order chi connectivity index (χ1) is 9.42. The van der Waals surface area contributed by atoms with Crippen molar-refractivity contribution in [2.75, 3.05) is 11.9 Å². The van der Waals surface area contributed by atoms with Crippen LogP contribution in [0.5, 0.6) is 0 Å². The number of aryl methyl sites for hydroxylation is 3. The molecule has 2 rings (SSSR count). The lowest BCUT2D eigenvalue weighted by atomic mass is 9.61.